The fourth-order valence-corrected chi connectivity index (χ4v) is 2.85. The molecule has 1 aromatic heterocycles. The second-order valence-corrected chi connectivity index (χ2v) is 6.99. The Morgan fingerprint density at radius 2 is 1.86 bits per heavy atom. The van der Waals surface area contributed by atoms with Crippen molar-refractivity contribution in [3.05, 3.63) is 92.0 Å². The smallest absolute Gasteiger partial charge is 0.348 e. The maximum atomic E-state index is 14.1. The highest BCUT2D eigenvalue weighted by Crippen LogP contribution is 2.09. The van der Waals surface area contributed by atoms with Crippen LogP contribution in [-0.4, -0.2) is 26.3 Å². The van der Waals surface area contributed by atoms with E-state index in [4.69, 9.17) is 0 Å². The van der Waals surface area contributed by atoms with Gasteiger partial charge in [-0.2, -0.15) is 9.78 Å². The average molecular weight is 396 g/mol. The van der Waals surface area contributed by atoms with Crippen LogP contribution in [0.2, 0.25) is 0 Å². The highest BCUT2D eigenvalue weighted by Gasteiger charge is 2.21. The van der Waals surface area contributed by atoms with E-state index < -0.39 is 28.7 Å². The van der Waals surface area contributed by atoms with Gasteiger partial charge in [0.25, 0.3) is 11.5 Å². The summed E-state index contributed by atoms with van der Waals surface area (Å²) in [5, 5.41) is 6.63. The second kappa shape index (κ2) is 8.22. The SMILES string of the molecule is Cc1cccc(-n2nc(C(=O)NC(C)C)c(=O)n(Cc3ccccc3F)c2=O)c1. The van der Waals surface area contributed by atoms with E-state index in [9.17, 15) is 18.8 Å². The van der Waals surface area contributed by atoms with Gasteiger partial charge in [-0.1, -0.05) is 30.3 Å². The summed E-state index contributed by atoms with van der Waals surface area (Å²) >= 11 is 0. The minimum atomic E-state index is -0.875. The Kier molecular flexibility index (Phi) is 5.72. The van der Waals surface area contributed by atoms with Gasteiger partial charge in [0.05, 0.1) is 12.2 Å². The van der Waals surface area contributed by atoms with Crippen LogP contribution in [0.3, 0.4) is 0 Å². The van der Waals surface area contributed by atoms with Crippen LogP contribution >= 0.6 is 0 Å². The van der Waals surface area contributed by atoms with Crippen LogP contribution in [0.4, 0.5) is 4.39 Å². The van der Waals surface area contributed by atoms with Gasteiger partial charge in [0.1, 0.15) is 5.82 Å². The first-order valence-electron chi connectivity index (χ1n) is 9.13. The van der Waals surface area contributed by atoms with Crippen LogP contribution in [0, 0.1) is 12.7 Å². The van der Waals surface area contributed by atoms with Gasteiger partial charge >= 0.3 is 5.69 Å². The summed E-state index contributed by atoms with van der Waals surface area (Å²) in [4.78, 5) is 38.4. The van der Waals surface area contributed by atoms with Gasteiger partial charge in [0, 0.05) is 11.6 Å². The van der Waals surface area contributed by atoms with Crippen molar-refractivity contribution in [3.63, 3.8) is 0 Å². The van der Waals surface area contributed by atoms with Crippen LogP contribution in [0.25, 0.3) is 5.69 Å². The Balaban J connectivity index is 2.24. The summed E-state index contributed by atoms with van der Waals surface area (Å²) < 4.78 is 15.9. The highest BCUT2D eigenvalue weighted by atomic mass is 19.1. The largest absolute Gasteiger partial charge is 0.352 e. The molecule has 0 saturated heterocycles. The molecule has 3 aromatic rings. The van der Waals surface area contributed by atoms with Gasteiger partial charge in [-0.3, -0.25) is 14.2 Å². The first kappa shape index (κ1) is 20.2. The van der Waals surface area contributed by atoms with Crippen LogP contribution in [-0.2, 0) is 6.54 Å². The molecule has 8 heteroatoms. The number of aryl methyl sites for hydroxylation is 1. The molecule has 1 amide bonds. The molecule has 0 saturated carbocycles. The van der Waals surface area contributed by atoms with E-state index in [1.54, 1.807) is 38.1 Å². The van der Waals surface area contributed by atoms with Gasteiger partial charge in [-0.25, -0.2) is 9.18 Å². The maximum Gasteiger partial charge on any atom is 0.352 e. The van der Waals surface area contributed by atoms with E-state index in [-0.39, 0.29) is 18.2 Å². The summed E-state index contributed by atoms with van der Waals surface area (Å²) in [6.07, 6.45) is 0. The molecular formula is C21H21FN4O3. The lowest BCUT2D eigenvalue weighted by Crippen LogP contribution is -2.46. The number of hydrogen-bond acceptors (Lipinski definition) is 4. The number of benzene rings is 2. The topological polar surface area (TPSA) is 86.0 Å². The molecule has 150 valence electrons. The molecule has 0 unspecified atom stereocenters. The lowest BCUT2D eigenvalue weighted by molar-refractivity contribution is 0.0933. The summed E-state index contributed by atoms with van der Waals surface area (Å²) in [6.45, 7) is 5.01. The van der Waals surface area contributed by atoms with E-state index in [1.165, 1.54) is 18.2 Å². The molecule has 29 heavy (non-hydrogen) atoms. The number of aromatic nitrogens is 3. The summed E-state index contributed by atoms with van der Waals surface area (Å²) in [7, 11) is 0. The number of carbonyl (C=O) groups excluding carboxylic acids is 1. The van der Waals surface area contributed by atoms with Crippen LogP contribution in [0.15, 0.2) is 58.1 Å². The summed E-state index contributed by atoms with van der Waals surface area (Å²) in [5.41, 5.74) is -0.641. The van der Waals surface area contributed by atoms with Crippen molar-refractivity contribution in [3.8, 4) is 5.69 Å². The van der Waals surface area contributed by atoms with Crippen LogP contribution in [0.5, 0.6) is 0 Å². The molecule has 0 aliphatic rings. The van der Waals surface area contributed by atoms with E-state index in [2.05, 4.69) is 10.4 Å². The maximum absolute atomic E-state index is 14.1. The highest BCUT2D eigenvalue weighted by molar-refractivity contribution is 5.91. The lowest BCUT2D eigenvalue weighted by atomic mass is 10.2. The second-order valence-electron chi connectivity index (χ2n) is 6.99. The summed E-state index contributed by atoms with van der Waals surface area (Å²) in [5.74, 6) is -1.25. The molecule has 1 N–H and O–H groups in total. The zero-order chi connectivity index (χ0) is 21.1. The number of carbonyl (C=O) groups is 1. The Hall–Kier alpha value is -3.55. The first-order valence-corrected chi connectivity index (χ1v) is 9.13. The van der Waals surface area contributed by atoms with Gasteiger partial charge in [0.15, 0.2) is 0 Å². The molecule has 1 heterocycles. The molecule has 2 aromatic carbocycles. The van der Waals surface area contributed by atoms with E-state index in [0.29, 0.717) is 5.69 Å². The molecule has 0 aliphatic carbocycles. The molecule has 0 radical (unpaired) electrons. The van der Waals surface area contributed by atoms with Crippen molar-refractivity contribution in [2.45, 2.75) is 33.4 Å². The van der Waals surface area contributed by atoms with Crippen LogP contribution in [0.1, 0.15) is 35.5 Å². The number of amides is 1. The van der Waals surface area contributed by atoms with E-state index in [1.807, 2.05) is 13.0 Å². The number of halogens is 1. The minimum Gasteiger partial charge on any atom is -0.348 e. The number of nitrogens with zero attached hydrogens (tertiary/aromatic N) is 3. The van der Waals surface area contributed by atoms with E-state index in [0.717, 1.165) is 14.8 Å². The first-order chi connectivity index (χ1) is 13.8. The molecule has 0 aliphatic heterocycles. The number of hydrogen-bond donors (Lipinski definition) is 1. The Labute approximate surface area is 166 Å². The normalized spacial score (nSPS) is 10.9. The quantitative estimate of drug-likeness (QED) is 0.715. The molecule has 0 fully saturated rings. The third kappa shape index (κ3) is 4.31. The Morgan fingerprint density at radius 3 is 2.52 bits per heavy atom. The minimum absolute atomic E-state index is 0.156. The summed E-state index contributed by atoms with van der Waals surface area (Å²) in [6, 6.07) is 12.5. The molecule has 0 spiro atoms. The van der Waals surface area contributed by atoms with Gasteiger partial charge in [0.2, 0.25) is 5.69 Å². The third-order valence-electron chi connectivity index (χ3n) is 4.23. The predicted octanol–water partition coefficient (Wildman–Crippen LogP) is 2.03. The Morgan fingerprint density at radius 1 is 1.14 bits per heavy atom. The molecule has 0 bridgehead atoms. The monoisotopic (exact) mass is 396 g/mol. The Bertz CT molecular complexity index is 1180. The van der Waals surface area contributed by atoms with Crippen molar-refractivity contribution in [2.24, 2.45) is 0 Å². The number of rotatable bonds is 5. The van der Waals surface area contributed by atoms with Gasteiger partial charge in [-0.05, 0) is 44.5 Å². The van der Waals surface area contributed by atoms with Gasteiger partial charge < -0.3 is 5.32 Å². The average Bonchev–Trinajstić information content (AvgIpc) is 2.66. The van der Waals surface area contributed by atoms with Crippen molar-refractivity contribution in [2.75, 3.05) is 0 Å². The third-order valence-corrected chi connectivity index (χ3v) is 4.23. The van der Waals surface area contributed by atoms with E-state index >= 15 is 0 Å². The van der Waals surface area contributed by atoms with Gasteiger partial charge in [-0.15, -0.1) is 0 Å². The zero-order valence-electron chi connectivity index (χ0n) is 16.3. The molecule has 0 atom stereocenters. The molecule has 3 rings (SSSR count). The van der Waals surface area contributed by atoms with Crippen molar-refractivity contribution in [1.29, 1.82) is 0 Å². The van der Waals surface area contributed by atoms with Crippen molar-refractivity contribution < 1.29 is 9.18 Å². The fourth-order valence-electron chi connectivity index (χ4n) is 2.85. The van der Waals surface area contributed by atoms with Crippen molar-refractivity contribution in [1.82, 2.24) is 19.7 Å². The number of nitrogens with one attached hydrogen (secondary N) is 1. The van der Waals surface area contributed by atoms with Crippen molar-refractivity contribution >= 4 is 5.91 Å². The standard InChI is InChI=1S/C21H21FN4O3/c1-13(2)23-19(27)18-20(28)25(12-15-8-4-5-10-17(15)22)21(29)26(24-18)16-9-6-7-14(3)11-16/h4-11,13H,12H2,1-3H3,(H,23,27). The molecular weight excluding hydrogens is 375 g/mol. The zero-order valence-corrected chi connectivity index (χ0v) is 16.3. The molecule has 7 nitrogen and oxygen atoms in total. The lowest BCUT2D eigenvalue weighted by Gasteiger charge is -2.14. The fraction of sp³-hybridized carbons (Fsp3) is 0.238. The van der Waals surface area contributed by atoms with Crippen LogP contribution < -0.4 is 16.6 Å². The predicted molar refractivity (Wildman–Crippen MR) is 107 cm³/mol.